The zero-order valence-electron chi connectivity index (χ0n) is 11.5. The maximum atomic E-state index is 10.5. The first kappa shape index (κ1) is 13.3. The number of thiophene rings is 1. The minimum absolute atomic E-state index is 0.432. The molecule has 2 aromatic carbocycles. The Morgan fingerprint density at radius 3 is 2.45 bits per heavy atom. The van der Waals surface area contributed by atoms with Crippen molar-refractivity contribution in [2.24, 2.45) is 0 Å². The molecule has 0 amide bonds. The number of hydrogen-bond donors (Lipinski definition) is 1. The summed E-state index contributed by atoms with van der Waals surface area (Å²) in [4.78, 5) is 0. The highest BCUT2D eigenvalue weighted by Crippen LogP contribution is 2.31. The second-order valence-electron chi connectivity index (χ2n) is 5.08. The first-order chi connectivity index (χ1) is 9.78. The lowest BCUT2D eigenvalue weighted by Gasteiger charge is -2.10. The van der Waals surface area contributed by atoms with Crippen LogP contribution in [0.2, 0.25) is 0 Å². The fourth-order valence-corrected chi connectivity index (χ4v) is 3.51. The zero-order chi connectivity index (χ0) is 13.9. The Morgan fingerprint density at radius 2 is 1.70 bits per heavy atom. The van der Waals surface area contributed by atoms with Gasteiger partial charge in [-0.05, 0) is 39.9 Å². The molecule has 1 aromatic heterocycles. The summed E-state index contributed by atoms with van der Waals surface area (Å²) in [6.07, 6.45) is 1.29. The van der Waals surface area contributed by atoms with E-state index in [4.69, 9.17) is 0 Å². The second kappa shape index (κ2) is 5.78. The molecule has 1 atom stereocenters. The third-order valence-electron chi connectivity index (χ3n) is 3.73. The van der Waals surface area contributed by atoms with Crippen molar-refractivity contribution in [2.75, 3.05) is 0 Å². The van der Waals surface area contributed by atoms with Crippen LogP contribution in [0.15, 0.2) is 53.9 Å². The Balaban J connectivity index is 1.83. The summed E-state index contributed by atoms with van der Waals surface area (Å²) >= 11 is 1.70. The van der Waals surface area contributed by atoms with E-state index >= 15 is 0 Å². The van der Waals surface area contributed by atoms with Gasteiger partial charge >= 0.3 is 0 Å². The number of aliphatic hydroxyl groups excluding tert-OH is 1. The number of fused-ring (bicyclic) bond motifs is 1. The van der Waals surface area contributed by atoms with Crippen molar-refractivity contribution in [2.45, 2.75) is 25.9 Å². The van der Waals surface area contributed by atoms with Gasteiger partial charge in [-0.3, -0.25) is 0 Å². The van der Waals surface area contributed by atoms with Crippen LogP contribution in [0, 0.1) is 0 Å². The molecule has 1 unspecified atom stereocenters. The molecule has 102 valence electrons. The predicted molar refractivity (Wildman–Crippen MR) is 86.3 cm³/mol. The highest BCUT2D eigenvalue weighted by Gasteiger charge is 2.13. The highest BCUT2D eigenvalue weighted by atomic mass is 32.1. The van der Waals surface area contributed by atoms with E-state index in [9.17, 15) is 5.11 Å². The van der Waals surface area contributed by atoms with E-state index < -0.39 is 6.10 Å². The van der Waals surface area contributed by atoms with Gasteiger partial charge in [0.05, 0.1) is 6.10 Å². The number of aryl methyl sites for hydroxylation is 1. The van der Waals surface area contributed by atoms with Crippen molar-refractivity contribution < 1.29 is 5.11 Å². The summed E-state index contributed by atoms with van der Waals surface area (Å²) in [7, 11) is 0. The van der Waals surface area contributed by atoms with Gasteiger partial charge in [0.1, 0.15) is 0 Å². The van der Waals surface area contributed by atoms with Crippen LogP contribution < -0.4 is 0 Å². The van der Waals surface area contributed by atoms with E-state index in [1.165, 1.54) is 21.2 Å². The summed E-state index contributed by atoms with van der Waals surface area (Å²) in [5.41, 5.74) is 3.57. The lowest BCUT2D eigenvalue weighted by molar-refractivity contribution is 0.180. The normalized spacial score (nSPS) is 12.7. The van der Waals surface area contributed by atoms with Gasteiger partial charge < -0.3 is 5.11 Å². The monoisotopic (exact) mass is 282 g/mol. The molecule has 0 bridgehead atoms. The van der Waals surface area contributed by atoms with E-state index in [0.29, 0.717) is 6.42 Å². The Hall–Kier alpha value is -1.64. The smallest absolute Gasteiger partial charge is 0.0844 e. The van der Waals surface area contributed by atoms with E-state index in [2.05, 4.69) is 48.7 Å². The quantitative estimate of drug-likeness (QED) is 0.733. The third kappa shape index (κ3) is 2.62. The minimum atomic E-state index is -0.432. The third-order valence-corrected chi connectivity index (χ3v) is 4.71. The average Bonchev–Trinajstić information content (AvgIpc) is 2.92. The highest BCUT2D eigenvalue weighted by molar-refractivity contribution is 7.17. The van der Waals surface area contributed by atoms with Crippen molar-refractivity contribution in [1.29, 1.82) is 0 Å². The van der Waals surface area contributed by atoms with Crippen LogP contribution in [0.1, 0.15) is 29.7 Å². The predicted octanol–water partition coefficient (Wildman–Crippen LogP) is 4.74. The van der Waals surface area contributed by atoms with Gasteiger partial charge in [-0.1, -0.05) is 49.4 Å². The van der Waals surface area contributed by atoms with Crippen LogP contribution >= 0.6 is 11.3 Å². The van der Waals surface area contributed by atoms with Crippen molar-refractivity contribution >= 4 is 21.4 Å². The van der Waals surface area contributed by atoms with Gasteiger partial charge in [0.25, 0.3) is 0 Å². The standard InChI is InChI=1S/C18H18OS/c1-2-13-7-9-14(10-8-13)11-17(19)16-12-20-18-6-4-3-5-15(16)18/h3-10,12,17,19H,2,11H2,1H3. The molecule has 1 nitrogen and oxygen atoms in total. The molecule has 20 heavy (non-hydrogen) atoms. The van der Waals surface area contributed by atoms with E-state index in [1.807, 2.05) is 12.1 Å². The van der Waals surface area contributed by atoms with Crippen LogP contribution in [0.4, 0.5) is 0 Å². The molecule has 3 aromatic rings. The molecule has 0 fully saturated rings. The molecule has 0 radical (unpaired) electrons. The van der Waals surface area contributed by atoms with E-state index in [0.717, 1.165) is 12.0 Å². The van der Waals surface area contributed by atoms with Gasteiger partial charge in [0.15, 0.2) is 0 Å². The second-order valence-corrected chi connectivity index (χ2v) is 5.99. The van der Waals surface area contributed by atoms with Gasteiger partial charge in [0, 0.05) is 11.1 Å². The molecule has 0 saturated carbocycles. The first-order valence-electron chi connectivity index (χ1n) is 7.00. The molecule has 0 aliphatic rings. The van der Waals surface area contributed by atoms with E-state index in [-0.39, 0.29) is 0 Å². The fraction of sp³-hybridized carbons (Fsp3) is 0.222. The first-order valence-corrected chi connectivity index (χ1v) is 7.88. The van der Waals surface area contributed by atoms with Gasteiger partial charge in [0.2, 0.25) is 0 Å². The van der Waals surface area contributed by atoms with Crippen molar-refractivity contribution in [3.63, 3.8) is 0 Å². The zero-order valence-corrected chi connectivity index (χ0v) is 12.4. The Labute approximate surface area is 123 Å². The summed E-state index contributed by atoms with van der Waals surface area (Å²) in [5.74, 6) is 0. The Bertz CT molecular complexity index is 697. The van der Waals surface area contributed by atoms with Crippen LogP contribution in [-0.4, -0.2) is 5.11 Å². The SMILES string of the molecule is CCc1ccc(CC(O)c2csc3ccccc23)cc1. The topological polar surface area (TPSA) is 20.2 Å². The minimum Gasteiger partial charge on any atom is -0.388 e. The summed E-state index contributed by atoms with van der Waals surface area (Å²) in [5, 5.41) is 13.7. The lowest BCUT2D eigenvalue weighted by atomic mass is 10.00. The van der Waals surface area contributed by atoms with Crippen molar-refractivity contribution in [1.82, 2.24) is 0 Å². The van der Waals surface area contributed by atoms with Crippen LogP contribution in [0.25, 0.3) is 10.1 Å². The Kier molecular flexibility index (Phi) is 3.86. The van der Waals surface area contributed by atoms with Crippen LogP contribution in [0.3, 0.4) is 0 Å². The number of aliphatic hydroxyl groups is 1. The maximum Gasteiger partial charge on any atom is 0.0844 e. The molecule has 1 heterocycles. The van der Waals surface area contributed by atoms with Crippen LogP contribution in [-0.2, 0) is 12.8 Å². The fourth-order valence-electron chi connectivity index (χ4n) is 2.50. The van der Waals surface area contributed by atoms with Crippen LogP contribution in [0.5, 0.6) is 0 Å². The summed E-state index contributed by atoms with van der Waals surface area (Å²) < 4.78 is 1.24. The van der Waals surface area contributed by atoms with Crippen molar-refractivity contribution in [3.05, 3.63) is 70.6 Å². The number of benzene rings is 2. The summed E-state index contributed by atoms with van der Waals surface area (Å²) in [6.45, 7) is 2.15. The van der Waals surface area contributed by atoms with Crippen molar-refractivity contribution in [3.8, 4) is 0 Å². The maximum absolute atomic E-state index is 10.5. The number of rotatable bonds is 4. The van der Waals surface area contributed by atoms with Gasteiger partial charge in [-0.25, -0.2) is 0 Å². The average molecular weight is 282 g/mol. The molecule has 0 spiro atoms. The van der Waals surface area contributed by atoms with E-state index in [1.54, 1.807) is 11.3 Å². The molecule has 1 N–H and O–H groups in total. The van der Waals surface area contributed by atoms with Gasteiger partial charge in [-0.15, -0.1) is 11.3 Å². The molecular weight excluding hydrogens is 264 g/mol. The summed E-state index contributed by atoms with van der Waals surface area (Å²) in [6, 6.07) is 16.8. The molecular formula is C18H18OS. The molecule has 0 saturated heterocycles. The molecule has 0 aliphatic heterocycles. The molecule has 3 rings (SSSR count). The molecule has 0 aliphatic carbocycles. The Morgan fingerprint density at radius 1 is 1.00 bits per heavy atom. The number of hydrogen-bond acceptors (Lipinski definition) is 2. The van der Waals surface area contributed by atoms with Gasteiger partial charge in [-0.2, -0.15) is 0 Å². The molecule has 2 heteroatoms. The lowest BCUT2D eigenvalue weighted by Crippen LogP contribution is -2.01. The largest absolute Gasteiger partial charge is 0.388 e.